The second-order valence-electron chi connectivity index (χ2n) is 5.03. The number of nitro groups is 1. The predicted molar refractivity (Wildman–Crippen MR) is 83.5 cm³/mol. The second-order valence-corrected chi connectivity index (χ2v) is 5.03. The van der Waals surface area contributed by atoms with E-state index in [1.54, 1.807) is 12.1 Å². The van der Waals surface area contributed by atoms with Crippen LogP contribution >= 0.6 is 0 Å². The van der Waals surface area contributed by atoms with E-state index in [9.17, 15) is 14.9 Å². The minimum Gasteiger partial charge on any atom is -0.380 e. The average Bonchev–Trinajstić information content (AvgIpc) is 2.52. The summed E-state index contributed by atoms with van der Waals surface area (Å²) in [5, 5.41) is 13.4. The van der Waals surface area contributed by atoms with Crippen LogP contribution in [0, 0.1) is 10.1 Å². The van der Waals surface area contributed by atoms with E-state index in [4.69, 9.17) is 10.5 Å². The Balaban J connectivity index is 2.17. The van der Waals surface area contributed by atoms with E-state index < -0.39 is 4.92 Å². The number of rotatable bonds is 10. The molecule has 0 radical (unpaired) electrons. The van der Waals surface area contributed by atoms with Gasteiger partial charge in [0.2, 0.25) is 5.91 Å². The van der Waals surface area contributed by atoms with Gasteiger partial charge >= 0.3 is 0 Å². The molecule has 7 heteroatoms. The number of ether oxygens (including phenoxy) is 1. The standard InChI is InChI=1S/C15H23N3O4/c1-22-14(11-16)10-15(19)17-9-3-2-4-12-5-7-13(8-6-12)18(20)21/h5-8,14H,2-4,9-11,16H2,1H3,(H,17,19). The van der Waals surface area contributed by atoms with Crippen LogP contribution < -0.4 is 11.1 Å². The fourth-order valence-corrected chi connectivity index (χ4v) is 2.01. The van der Waals surface area contributed by atoms with E-state index in [2.05, 4.69) is 5.32 Å². The first kappa shape index (κ1) is 18.1. The second kappa shape index (κ2) is 9.86. The Morgan fingerprint density at radius 3 is 2.59 bits per heavy atom. The number of methoxy groups -OCH3 is 1. The maximum Gasteiger partial charge on any atom is 0.269 e. The third kappa shape index (κ3) is 6.64. The van der Waals surface area contributed by atoms with Crippen LogP contribution in [0.25, 0.3) is 0 Å². The highest BCUT2D eigenvalue weighted by molar-refractivity contribution is 5.76. The van der Waals surface area contributed by atoms with Gasteiger partial charge in [0, 0.05) is 32.3 Å². The van der Waals surface area contributed by atoms with Crippen molar-refractivity contribution in [2.45, 2.75) is 31.8 Å². The maximum absolute atomic E-state index is 11.6. The fourth-order valence-electron chi connectivity index (χ4n) is 2.01. The third-order valence-corrected chi connectivity index (χ3v) is 3.37. The number of non-ortho nitro benzene ring substituents is 1. The Morgan fingerprint density at radius 2 is 2.05 bits per heavy atom. The minimum atomic E-state index is -0.409. The zero-order valence-corrected chi connectivity index (χ0v) is 12.8. The summed E-state index contributed by atoms with van der Waals surface area (Å²) in [6, 6.07) is 6.55. The highest BCUT2D eigenvalue weighted by atomic mass is 16.6. The number of nitro benzene ring substituents is 1. The molecule has 1 aromatic rings. The lowest BCUT2D eigenvalue weighted by Crippen LogP contribution is -2.32. The molecule has 22 heavy (non-hydrogen) atoms. The summed E-state index contributed by atoms with van der Waals surface area (Å²) >= 11 is 0. The van der Waals surface area contributed by atoms with Crippen LogP contribution in [-0.2, 0) is 16.0 Å². The fraction of sp³-hybridized carbons (Fsp3) is 0.533. The number of hydrogen-bond donors (Lipinski definition) is 2. The van der Waals surface area contributed by atoms with E-state index in [1.165, 1.54) is 19.2 Å². The maximum atomic E-state index is 11.6. The zero-order valence-electron chi connectivity index (χ0n) is 12.8. The molecule has 122 valence electrons. The number of amides is 1. The van der Waals surface area contributed by atoms with Crippen molar-refractivity contribution in [2.75, 3.05) is 20.2 Å². The SMILES string of the molecule is COC(CN)CC(=O)NCCCCc1ccc([N+](=O)[O-])cc1. The van der Waals surface area contributed by atoms with E-state index in [1.807, 2.05) is 0 Å². The van der Waals surface area contributed by atoms with Crippen molar-refractivity contribution in [3.05, 3.63) is 39.9 Å². The Hall–Kier alpha value is -1.99. The van der Waals surface area contributed by atoms with Crippen molar-refractivity contribution in [1.82, 2.24) is 5.32 Å². The van der Waals surface area contributed by atoms with Crippen molar-refractivity contribution in [1.29, 1.82) is 0 Å². The summed E-state index contributed by atoms with van der Waals surface area (Å²) in [6.07, 6.45) is 2.62. The number of unbranched alkanes of at least 4 members (excludes halogenated alkanes) is 1. The monoisotopic (exact) mass is 309 g/mol. The van der Waals surface area contributed by atoms with Gasteiger partial charge in [0.05, 0.1) is 17.4 Å². The molecule has 0 aromatic heterocycles. The van der Waals surface area contributed by atoms with Gasteiger partial charge in [-0.2, -0.15) is 0 Å². The summed E-state index contributed by atoms with van der Waals surface area (Å²) in [5.74, 6) is -0.0624. The Kier molecular flexibility index (Phi) is 8.09. The van der Waals surface area contributed by atoms with Crippen LogP contribution in [0.5, 0.6) is 0 Å². The number of nitrogens with two attached hydrogens (primary N) is 1. The topological polar surface area (TPSA) is 107 Å². The molecule has 1 unspecified atom stereocenters. The van der Waals surface area contributed by atoms with Gasteiger partial charge in [-0.15, -0.1) is 0 Å². The van der Waals surface area contributed by atoms with E-state index >= 15 is 0 Å². The van der Waals surface area contributed by atoms with Gasteiger partial charge in [0.15, 0.2) is 0 Å². The van der Waals surface area contributed by atoms with E-state index in [0.717, 1.165) is 24.8 Å². The molecular formula is C15H23N3O4. The van der Waals surface area contributed by atoms with Gasteiger partial charge < -0.3 is 15.8 Å². The van der Waals surface area contributed by atoms with Crippen LogP contribution in [0.4, 0.5) is 5.69 Å². The third-order valence-electron chi connectivity index (χ3n) is 3.37. The summed E-state index contributed by atoms with van der Waals surface area (Å²) in [6.45, 7) is 0.927. The van der Waals surface area contributed by atoms with Crippen molar-refractivity contribution >= 4 is 11.6 Å². The molecule has 1 atom stereocenters. The first-order valence-corrected chi connectivity index (χ1v) is 7.29. The molecule has 3 N–H and O–H groups in total. The lowest BCUT2D eigenvalue weighted by molar-refractivity contribution is -0.384. The van der Waals surface area contributed by atoms with E-state index in [-0.39, 0.29) is 24.1 Å². The first-order valence-electron chi connectivity index (χ1n) is 7.29. The Labute approximate surface area is 130 Å². The highest BCUT2D eigenvalue weighted by Crippen LogP contribution is 2.13. The molecule has 7 nitrogen and oxygen atoms in total. The average molecular weight is 309 g/mol. The Morgan fingerprint density at radius 1 is 1.36 bits per heavy atom. The van der Waals surface area contributed by atoms with Gasteiger partial charge in [-0.25, -0.2) is 0 Å². The van der Waals surface area contributed by atoms with Crippen molar-refractivity contribution < 1.29 is 14.5 Å². The minimum absolute atomic E-state index is 0.0624. The number of carbonyl (C=O) groups is 1. The number of hydrogen-bond acceptors (Lipinski definition) is 5. The lowest BCUT2D eigenvalue weighted by Gasteiger charge is -2.12. The number of nitrogens with zero attached hydrogens (tertiary/aromatic N) is 1. The molecule has 0 bridgehead atoms. The van der Waals surface area contributed by atoms with Gasteiger partial charge in [0.1, 0.15) is 0 Å². The predicted octanol–water partition coefficient (Wildman–Crippen LogP) is 1.40. The Bertz CT molecular complexity index is 472. The van der Waals surface area contributed by atoms with Crippen LogP contribution in [0.2, 0.25) is 0 Å². The van der Waals surface area contributed by atoms with Gasteiger partial charge in [0.25, 0.3) is 5.69 Å². The largest absolute Gasteiger partial charge is 0.380 e. The number of aryl methyl sites for hydroxylation is 1. The van der Waals surface area contributed by atoms with Gasteiger partial charge in [-0.05, 0) is 24.8 Å². The molecule has 0 aliphatic rings. The number of carbonyl (C=O) groups excluding carboxylic acids is 1. The molecule has 1 aromatic carbocycles. The molecule has 0 aliphatic carbocycles. The number of benzene rings is 1. The van der Waals surface area contributed by atoms with Gasteiger partial charge in [-0.3, -0.25) is 14.9 Å². The van der Waals surface area contributed by atoms with Crippen LogP contribution in [-0.4, -0.2) is 37.1 Å². The normalized spacial score (nSPS) is 11.9. The lowest BCUT2D eigenvalue weighted by atomic mass is 10.1. The molecular weight excluding hydrogens is 286 g/mol. The highest BCUT2D eigenvalue weighted by Gasteiger charge is 2.10. The van der Waals surface area contributed by atoms with Crippen molar-refractivity contribution in [2.24, 2.45) is 5.73 Å². The summed E-state index contributed by atoms with van der Waals surface area (Å²) in [5.41, 5.74) is 6.61. The summed E-state index contributed by atoms with van der Waals surface area (Å²) in [4.78, 5) is 21.7. The summed E-state index contributed by atoms with van der Waals surface area (Å²) in [7, 11) is 1.54. The van der Waals surface area contributed by atoms with Crippen LogP contribution in [0.1, 0.15) is 24.8 Å². The first-order chi connectivity index (χ1) is 10.6. The van der Waals surface area contributed by atoms with Crippen molar-refractivity contribution in [3.8, 4) is 0 Å². The molecule has 0 spiro atoms. The molecule has 0 fully saturated rings. The molecule has 0 heterocycles. The molecule has 0 saturated carbocycles. The summed E-state index contributed by atoms with van der Waals surface area (Å²) < 4.78 is 5.05. The smallest absolute Gasteiger partial charge is 0.269 e. The molecule has 1 amide bonds. The molecule has 1 rings (SSSR count). The van der Waals surface area contributed by atoms with Crippen LogP contribution in [0.3, 0.4) is 0 Å². The number of nitrogens with one attached hydrogen (secondary N) is 1. The zero-order chi connectivity index (χ0) is 16.4. The van der Waals surface area contributed by atoms with Crippen LogP contribution in [0.15, 0.2) is 24.3 Å². The molecule has 0 saturated heterocycles. The van der Waals surface area contributed by atoms with Gasteiger partial charge in [-0.1, -0.05) is 12.1 Å². The van der Waals surface area contributed by atoms with E-state index in [0.29, 0.717) is 13.1 Å². The van der Waals surface area contributed by atoms with Crippen molar-refractivity contribution in [3.63, 3.8) is 0 Å². The molecule has 0 aliphatic heterocycles. The quantitative estimate of drug-likeness (QED) is 0.386.